The number of Topliss-reactive ketones (excluding diaryl/α,β-unsaturated/α-hetero) is 1. The molecule has 0 saturated heterocycles. The molecule has 0 radical (unpaired) electrons. The molecule has 64 valence electrons. The van der Waals surface area contributed by atoms with Gasteiger partial charge in [0.2, 0.25) is 0 Å². The van der Waals surface area contributed by atoms with Crippen molar-refractivity contribution >= 4 is 11.8 Å². The van der Waals surface area contributed by atoms with Crippen LogP contribution in [-0.2, 0) is 11.8 Å². The van der Waals surface area contributed by atoms with Gasteiger partial charge in [0.15, 0.2) is 5.78 Å². The molecule has 1 heterocycles. The maximum absolute atomic E-state index is 11.0. The van der Waals surface area contributed by atoms with Crippen molar-refractivity contribution in [2.24, 2.45) is 7.05 Å². The maximum atomic E-state index is 11.0. The van der Waals surface area contributed by atoms with E-state index in [2.05, 4.69) is 4.98 Å². The summed E-state index contributed by atoms with van der Waals surface area (Å²) in [7, 11) is 1.71. The molecule has 0 aliphatic heterocycles. The number of nitrogens with zero attached hydrogens (tertiary/aromatic N) is 2. The number of imidazole rings is 1. The summed E-state index contributed by atoms with van der Waals surface area (Å²) in [5.74, 6) is -1.60. The summed E-state index contributed by atoms with van der Waals surface area (Å²) in [6.45, 7) is 0. The van der Waals surface area contributed by atoms with Gasteiger partial charge in [-0.3, -0.25) is 9.59 Å². The quantitative estimate of drug-likeness (QED) is 0.512. The standard InChI is InChI=1S/C7H8N2O3/c1-9-3-5(8-4-9)6(10)2-7(11)12/h3-4H,2H2,1H3,(H,11,12). The average molecular weight is 168 g/mol. The lowest BCUT2D eigenvalue weighted by molar-refractivity contribution is -0.135. The largest absolute Gasteiger partial charge is 0.481 e. The highest BCUT2D eigenvalue weighted by Crippen LogP contribution is 1.98. The van der Waals surface area contributed by atoms with Gasteiger partial charge < -0.3 is 9.67 Å². The third-order valence-electron chi connectivity index (χ3n) is 1.30. The maximum Gasteiger partial charge on any atom is 0.311 e. The minimum Gasteiger partial charge on any atom is -0.481 e. The van der Waals surface area contributed by atoms with Gasteiger partial charge in [0.05, 0.1) is 6.33 Å². The summed E-state index contributed by atoms with van der Waals surface area (Å²) < 4.78 is 1.59. The molecule has 0 saturated carbocycles. The summed E-state index contributed by atoms with van der Waals surface area (Å²) in [5, 5.41) is 8.30. The Balaban J connectivity index is 2.72. The van der Waals surface area contributed by atoms with Gasteiger partial charge in [-0.05, 0) is 0 Å². The predicted molar refractivity (Wildman–Crippen MR) is 39.8 cm³/mol. The van der Waals surface area contributed by atoms with E-state index in [-0.39, 0.29) is 5.69 Å². The van der Waals surface area contributed by atoms with Crippen molar-refractivity contribution in [2.45, 2.75) is 6.42 Å². The molecule has 0 aliphatic rings. The molecule has 0 unspecified atom stereocenters. The van der Waals surface area contributed by atoms with Crippen LogP contribution < -0.4 is 0 Å². The van der Waals surface area contributed by atoms with Gasteiger partial charge in [0.1, 0.15) is 12.1 Å². The van der Waals surface area contributed by atoms with Crippen LogP contribution in [0.1, 0.15) is 16.9 Å². The molecule has 12 heavy (non-hydrogen) atoms. The lowest BCUT2D eigenvalue weighted by Gasteiger charge is -1.89. The first-order chi connectivity index (χ1) is 5.59. The minimum atomic E-state index is -1.13. The number of aryl methyl sites for hydroxylation is 1. The third-order valence-corrected chi connectivity index (χ3v) is 1.30. The first-order valence-electron chi connectivity index (χ1n) is 3.32. The number of carboxylic acids is 1. The fourth-order valence-electron chi connectivity index (χ4n) is 0.785. The third kappa shape index (κ3) is 1.91. The van der Waals surface area contributed by atoms with E-state index in [4.69, 9.17) is 5.11 Å². The number of carbonyl (C=O) groups excluding carboxylic acids is 1. The van der Waals surface area contributed by atoms with Crippen molar-refractivity contribution in [1.29, 1.82) is 0 Å². The molecule has 0 fully saturated rings. The van der Waals surface area contributed by atoms with E-state index in [1.807, 2.05) is 0 Å². The van der Waals surface area contributed by atoms with Crippen LogP contribution in [0.2, 0.25) is 0 Å². The van der Waals surface area contributed by atoms with Crippen molar-refractivity contribution < 1.29 is 14.7 Å². The number of carbonyl (C=O) groups is 2. The van der Waals surface area contributed by atoms with E-state index >= 15 is 0 Å². The Morgan fingerprint density at radius 1 is 1.67 bits per heavy atom. The van der Waals surface area contributed by atoms with E-state index in [1.54, 1.807) is 11.6 Å². The summed E-state index contributed by atoms with van der Waals surface area (Å²) in [6.07, 6.45) is 2.44. The molecule has 5 heteroatoms. The van der Waals surface area contributed by atoms with Crippen LogP contribution in [0, 0.1) is 0 Å². The molecule has 1 aromatic rings. The highest BCUT2D eigenvalue weighted by molar-refractivity contribution is 6.04. The van der Waals surface area contributed by atoms with Gasteiger partial charge in [-0.25, -0.2) is 4.98 Å². The number of rotatable bonds is 3. The Hall–Kier alpha value is -1.65. The molecule has 0 atom stereocenters. The lowest BCUT2D eigenvalue weighted by atomic mass is 10.2. The Kier molecular flexibility index (Phi) is 2.23. The van der Waals surface area contributed by atoms with Crippen LogP contribution in [-0.4, -0.2) is 26.4 Å². The highest BCUT2D eigenvalue weighted by Gasteiger charge is 2.12. The van der Waals surface area contributed by atoms with E-state index in [0.717, 1.165) is 0 Å². The summed E-state index contributed by atoms with van der Waals surface area (Å²) in [6, 6.07) is 0. The topological polar surface area (TPSA) is 72.2 Å². The first kappa shape index (κ1) is 8.45. The van der Waals surface area contributed by atoms with E-state index in [1.165, 1.54) is 12.5 Å². The van der Waals surface area contributed by atoms with Crippen molar-refractivity contribution in [1.82, 2.24) is 9.55 Å². The Morgan fingerprint density at radius 2 is 2.33 bits per heavy atom. The van der Waals surface area contributed by atoms with Gasteiger partial charge in [0, 0.05) is 13.2 Å². The second-order valence-electron chi connectivity index (χ2n) is 2.42. The smallest absolute Gasteiger partial charge is 0.311 e. The van der Waals surface area contributed by atoms with Crippen molar-refractivity contribution in [3.8, 4) is 0 Å². The second-order valence-corrected chi connectivity index (χ2v) is 2.42. The van der Waals surface area contributed by atoms with Crippen LogP contribution in [0.3, 0.4) is 0 Å². The van der Waals surface area contributed by atoms with E-state index in [0.29, 0.717) is 0 Å². The molecule has 0 amide bonds. The van der Waals surface area contributed by atoms with Crippen molar-refractivity contribution in [3.05, 3.63) is 18.2 Å². The average Bonchev–Trinajstić information content (AvgIpc) is 2.34. The Labute approximate surface area is 68.6 Å². The molecule has 0 aliphatic carbocycles. The fraction of sp³-hybridized carbons (Fsp3) is 0.286. The molecule has 0 spiro atoms. The summed E-state index contributed by atoms with van der Waals surface area (Å²) in [5.41, 5.74) is 0.194. The van der Waals surface area contributed by atoms with Gasteiger partial charge >= 0.3 is 5.97 Å². The number of ketones is 1. The number of hydrogen-bond donors (Lipinski definition) is 1. The number of hydrogen-bond acceptors (Lipinski definition) is 3. The van der Waals surface area contributed by atoms with E-state index in [9.17, 15) is 9.59 Å². The van der Waals surface area contributed by atoms with E-state index < -0.39 is 18.2 Å². The molecule has 0 aromatic carbocycles. The number of aromatic nitrogens is 2. The highest BCUT2D eigenvalue weighted by atomic mass is 16.4. The lowest BCUT2D eigenvalue weighted by Crippen LogP contribution is -2.07. The first-order valence-corrected chi connectivity index (χ1v) is 3.32. The summed E-state index contributed by atoms with van der Waals surface area (Å²) in [4.78, 5) is 24.9. The van der Waals surface area contributed by atoms with Gasteiger partial charge in [0.25, 0.3) is 0 Å². The van der Waals surface area contributed by atoms with Crippen molar-refractivity contribution in [3.63, 3.8) is 0 Å². The monoisotopic (exact) mass is 168 g/mol. The van der Waals surface area contributed by atoms with Crippen LogP contribution in [0.5, 0.6) is 0 Å². The SMILES string of the molecule is Cn1cnc(C(=O)CC(=O)O)c1. The zero-order chi connectivity index (χ0) is 9.14. The fourth-order valence-corrected chi connectivity index (χ4v) is 0.785. The number of carboxylic acid groups (broad SMARTS) is 1. The molecule has 0 bridgehead atoms. The van der Waals surface area contributed by atoms with Crippen LogP contribution in [0.25, 0.3) is 0 Å². The summed E-state index contributed by atoms with van der Waals surface area (Å²) >= 11 is 0. The zero-order valence-electron chi connectivity index (χ0n) is 6.52. The van der Waals surface area contributed by atoms with Crippen LogP contribution in [0.15, 0.2) is 12.5 Å². The van der Waals surface area contributed by atoms with Gasteiger partial charge in [-0.15, -0.1) is 0 Å². The van der Waals surface area contributed by atoms with Crippen molar-refractivity contribution in [2.75, 3.05) is 0 Å². The second kappa shape index (κ2) is 3.17. The van der Waals surface area contributed by atoms with Crippen LogP contribution >= 0.6 is 0 Å². The molecule has 1 aromatic heterocycles. The molecular formula is C7H8N2O3. The van der Waals surface area contributed by atoms with Crippen LogP contribution in [0.4, 0.5) is 0 Å². The molecule has 1 rings (SSSR count). The predicted octanol–water partition coefficient (Wildman–Crippen LogP) is 0.0775. The normalized spacial score (nSPS) is 9.75. The zero-order valence-corrected chi connectivity index (χ0v) is 6.52. The molecule has 5 nitrogen and oxygen atoms in total. The van der Waals surface area contributed by atoms with Gasteiger partial charge in [-0.2, -0.15) is 0 Å². The van der Waals surface area contributed by atoms with Gasteiger partial charge in [-0.1, -0.05) is 0 Å². The molecular weight excluding hydrogens is 160 g/mol. The number of aliphatic carboxylic acids is 1. The molecule has 1 N–H and O–H groups in total. The minimum absolute atomic E-state index is 0.194. The Bertz CT molecular complexity index is 316. The Morgan fingerprint density at radius 3 is 2.75 bits per heavy atom.